The van der Waals surface area contributed by atoms with Crippen molar-refractivity contribution >= 4 is 29.9 Å². The first-order valence-corrected chi connectivity index (χ1v) is 8.79. The number of aromatic nitrogens is 1. The molecule has 0 aliphatic rings. The molecule has 142 valence electrons. The van der Waals surface area contributed by atoms with Gasteiger partial charge in [0.1, 0.15) is 0 Å². The number of nitrogens with one attached hydrogen (secondary N) is 1. The van der Waals surface area contributed by atoms with Crippen molar-refractivity contribution in [2.75, 3.05) is 20.1 Å². The first-order chi connectivity index (χ1) is 12.1. The molecule has 0 amide bonds. The van der Waals surface area contributed by atoms with E-state index in [2.05, 4.69) is 51.4 Å². The van der Waals surface area contributed by atoms with E-state index in [1.165, 1.54) is 11.1 Å². The maximum absolute atomic E-state index is 10.3. The fourth-order valence-electron chi connectivity index (χ4n) is 2.56. The molecule has 2 aromatic rings. The van der Waals surface area contributed by atoms with Gasteiger partial charge in [-0.2, -0.15) is 0 Å². The van der Waals surface area contributed by atoms with Crippen LogP contribution in [0, 0.1) is 0 Å². The van der Waals surface area contributed by atoms with Crippen LogP contribution in [0.2, 0.25) is 0 Å². The van der Waals surface area contributed by atoms with Crippen LogP contribution in [0.5, 0.6) is 0 Å². The standard InChI is InChI=1S/C20H28N4O.HI/c1-4-16-6-8-17(9-7-16)15-24(3)20(22-5-2)23-14-19(25)18-10-12-21-13-11-18;/h6-13,19,25H,4-5,14-15H2,1-3H3,(H,22,23);1H. The summed E-state index contributed by atoms with van der Waals surface area (Å²) < 4.78 is 0. The Morgan fingerprint density at radius 1 is 1.12 bits per heavy atom. The zero-order valence-electron chi connectivity index (χ0n) is 15.7. The van der Waals surface area contributed by atoms with E-state index in [0.717, 1.165) is 31.0 Å². The minimum Gasteiger partial charge on any atom is -0.386 e. The Hall–Kier alpha value is -1.67. The van der Waals surface area contributed by atoms with Crippen LogP contribution in [0.4, 0.5) is 0 Å². The van der Waals surface area contributed by atoms with E-state index < -0.39 is 6.10 Å². The zero-order chi connectivity index (χ0) is 18.1. The van der Waals surface area contributed by atoms with Gasteiger partial charge in [-0.15, -0.1) is 24.0 Å². The quantitative estimate of drug-likeness (QED) is 0.372. The molecule has 1 heterocycles. The van der Waals surface area contributed by atoms with E-state index in [1.807, 2.05) is 26.1 Å². The Bertz CT molecular complexity index is 661. The van der Waals surface area contributed by atoms with Gasteiger partial charge >= 0.3 is 0 Å². The molecule has 26 heavy (non-hydrogen) atoms. The number of pyridine rings is 1. The van der Waals surface area contributed by atoms with Crippen LogP contribution in [0.15, 0.2) is 53.8 Å². The van der Waals surface area contributed by atoms with Crippen molar-refractivity contribution in [3.8, 4) is 0 Å². The maximum Gasteiger partial charge on any atom is 0.194 e. The molecule has 2 N–H and O–H groups in total. The fraction of sp³-hybridized carbons (Fsp3) is 0.400. The molecule has 0 spiro atoms. The molecule has 0 aliphatic carbocycles. The monoisotopic (exact) mass is 468 g/mol. The van der Waals surface area contributed by atoms with E-state index in [-0.39, 0.29) is 24.0 Å². The summed E-state index contributed by atoms with van der Waals surface area (Å²) in [4.78, 5) is 10.6. The number of nitrogens with zero attached hydrogens (tertiary/aromatic N) is 3. The van der Waals surface area contributed by atoms with Crippen molar-refractivity contribution < 1.29 is 5.11 Å². The number of guanidine groups is 1. The molecular weight excluding hydrogens is 439 g/mol. The van der Waals surface area contributed by atoms with Gasteiger partial charge in [-0.05, 0) is 42.2 Å². The van der Waals surface area contributed by atoms with Gasteiger partial charge in [0.15, 0.2) is 5.96 Å². The van der Waals surface area contributed by atoms with Crippen LogP contribution in [-0.2, 0) is 13.0 Å². The second-order valence-electron chi connectivity index (χ2n) is 6.02. The summed E-state index contributed by atoms with van der Waals surface area (Å²) in [6.07, 6.45) is 3.78. The molecule has 0 radical (unpaired) electrons. The number of aryl methyl sites for hydroxylation is 1. The highest BCUT2D eigenvalue weighted by Crippen LogP contribution is 2.12. The van der Waals surface area contributed by atoms with Crippen molar-refractivity contribution in [1.29, 1.82) is 0 Å². The van der Waals surface area contributed by atoms with Gasteiger partial charge in [-0.3, -0.25) is 9.98 Å². The summed E-state index contributed by atoms with van der Waals surface area (Å²) in [6, 6.07) is 12.3. The topological polar surface area (TPSA) is 60.8 Å². The number of hydrogen-bond acceptors (Lipinski definition) is 3. The van der Waals surface area contributed by atoms with Gasteiger partial charge in [0, 0.05) is 32.5 Å². The second-order valence-corrected chi connectivity index (χ2v) is 6.02. The van der Waals surface area contributed by atoms with Crippen molar-refractivity contribution in [3.63, 3.8) is 0 Å². The van der Waals surface area contributed by atoms with Crippen LogP contribution in [0.1, 0.15) is 36.6 Å². The third-order valence-corrected chi connectivity index (χ3v) is 4.05. The van der Waals surface area contributed by atoms with Crippen LogP contribution < -0.4 is 5.32 Å². The third kappa shape index (κ3) is 6.92. The summed E-state index contributed by atoms with van der Waals surface area (Å²) >= 11 is 0. The molecule has 5 nitrogen and oxygen atoms in total. The van der Waals surface area contributed by atoms with Crippen LogP contribution >= 0.6 is 24.0 Å². The molecule has 0 saturated heterocycles. The van der Waals surface area contributed by atoms with Crippen molar-refractivity contribution in [2.45, 2.75) is 32.9 Å². The lowest BCUT2D eigenvalue weighted by atomic mass is 10.1. The third-order valence-electron chi connectivity index (χ3n) is 4.05. The maximum atomic E-state index is 10.3. The molecule has 0 bridgehead atoms. The summed E-state index contributed by atoms with van der Waals surface area (Å²) in [7, 11) is 2.01. The SMILES string of the molecule is CCNC(=NCC(O)c1ccncc1)N(C)Cc1ccc(CC)cc1.I. The second kappa shape index (κ2) is 11.9. The largest absolute Gasteiger partial charge is 0.386 e. The average molecular weight is 468 g/mol. The molecule has 0 aliphatic heterocycles. The molecule has 1 atom stereocenters. The van der Waals surface area contributed by atoms with Gasteiger partial charge in [-0.1, -0.05) is 31.2 Å². The summed E-state index contributed by atoms with van der Waals surface area (Å²) in [5.74, 6) is 0.787. The van der Waals surface area contributed by atoms with Gasteiger partial charge in [-0.25, -0.2) is 0 Å². The molecule has 2 rings (SSSR count). The van der Waals surface area contributed by atoms with Gasteiger partial charge in [0.2, 0.25) is 0 Å². The average Bonchev–Trinajstić information content (AvgIpc) is 2.66. The number of rotatable bonds is 7. The number of aliphatic hydroxyl groups excluding tert-OH is 1. The normalized spacial score (nSPS) is 12.2. The fourth-order valence-corrected chi connectivity index (χ4v) is 2.56. The highest BCUT2D eigenvalue weighted by Gasteiger charge is 2.10. The molecule has 1 aromatic carbocycles. The number of benzene rings is 1. The summed E-state index contributed by atoms with van der Waals surface area (Å²) in [5, 5.41) is 13.6. The first-order valence-electron chi connectivity index (χ1n) is 8.79. The number of aliphatic imine (C=N–C) groups is 1. The smallest absolute Gasteiger partial charge is 0.194 e. The van der Waals surface area contributed by atoms with Crippen LogP contribution in [-0.4, -0.2) is 41.1 Å². The van der Waals surface area contributed by atoms with E-state index in [4.69, 9.17) is 0 Å². The lowest BCUT2D eigenvalue weighted by molar-refractivity contribution is 0.186. The molecule has 0 fully saturated rings. The molecule has 0 saturated carbocycles. The number of hydrogen-bond donors (Lipinski definition) is 2. The summed E-state index contributed by atoms with van der Waals surface area (Å²) in [5.41, 5.74) is 3.40. The van der Waals surface area contributed by atoms with Crippen molar-refractivity contribution in [3.05, 3.63) is 65.5 Å². The lowest BCUT2D eigenvalue weighted by Crippen LogP contribution is -2.38. The number of aliphatic hydroxyl groups is 1. The molecule has 1 unspecified atom stereocenters. The Morgan fingerprint density at radius 3 is 2.31 bits per heavy atom. The van der Waals surface area contributed by atoms with Crippen molar-refractivity contribution in [2.24, 2.45) is 4.99 Å². The Morgan fingerprint density at radius 2 is 1.73 bits per heavy atom. The van der Waals surface area contributed by atoms with Crippen LogP contribution in [0.3, 0.4) is 0 Å². The molecule has 6 heteroatoms. The molecular formula is C20H29IN4O. The Kier molecular flexibility index (Phi) is 10.2. The first kappa shape index (κ1) is 22.4. The Labute approximate surface area is 173 Å². The minimum atomic E-state index is -0.631. The molecule has 1 aromatic heterocycles. The lowest BCUT2D eigenvalue weighted by Gasteiger charge is -2.23. The van der Waals surface area contributed by atoms with Crippen molar-refractivity contribution in [1.82, 2.24) is 15.2 Å². The van der Waals surface area contributed by atoms with Gasteiger partial charge < -0.3 is 15.3 Å². The van der Waals surface area contributed by atoms with E-state index in [9.17, 15) is 5.11 Å². The predicted octanol–water partition coefficient (Wildman–Crippen LogP) is 3.39. The summed E-state index contributed by atoms with van der Waals surface area (Å²) in [6.45, 7) is 6.06. The zero-order valence-corrected chi connectivity index (χ0v) is 18.1. The Balaban J connectivity index is 0.00000338. The van der Waals surface area contributed by atoms with E-state index in [1.54, 1.807) is 12.4 Å². The van der Waals surface area contributed by atoms with Gasteiger partial charge in [0.25, 0.3) is 0 Å². The van der Waals surface area contributed by atoms with Crippen LogP contribution in [0.25, 0.3) is 0 Å². The highest BCUT2D eigenvalue weighted by atomic mass is 127. The highest BCUT2D eigenvalue weighted by molar-refractivity contribution is 14.0. The van der Waals surface area contributed by atoms with E-state index >= 15 is 0 Å². The number of halogens is 1. The predicted molar refractivity (Wildman–Crippen MR) is 118 cm³/mol. The van der Waals surface area contributed by atoms with Gasteiger partial charge in [0.05, 0.1) is 12.6 Å². The minimum absolute atomic E-state index is 0. The van der Waals surface area contributed by atoms with E-state index in [0.29, 0.717) is 6.54 Å².